The molecule has 2 fully saturated rings. The molecule has 2 aliphatic rings. The fraction of sp³-hybridized carbons (Fsp3) is 0.692. The van der Waals surface area contributed by atoms with Crippen molar-refractivity contribution in [3.05, 3.63) is 17.5 Å². The van der Waals surface area contributed by atoms with Gasteiger partial charge in [0, 0.05) is 32.3 Å². The van der Waals surface area contributed by atoms with Gasteiger partial charge in [0.05, 0.1) is 6.61 Å². The SMILES string of the molecule is O=S(=O)(c1cccs1)N1CCCN(C2CCOC2)CC1. The molecule has 1 atom stereocenters. The predicted octanol–water partition coefficient (Wildman–Crippen LogP) is 1.23. The Balaban J connectivity index is 1.68. The number of hydrogen-bond acceptors (Lipinski definition) is 5. The van der Waals surface area contributed by atoms with Crippen LogP contribution in [0.25, 0.3) is 0 Å². The highest BCUT2D eigenvalue weighted by Gasteiger charge is 2.30. The van der Waals surface area contributed by atoms with Crippen LogP contribution in [0, 0.1) is 0 Å². The van der Waals surface area contributed by atoms with Gasteiger partial charge in [-0.05, 0) is 30.8 Å². The molecule has 1 aromatic rings. The van der Waals surface area contributed by atoms with Gasteiger partial charge in [-0.25, -0.2) is 8.42 Å². The lowest BCUT2D eigenvalue weighted by atomic mass is 10.2. The van der Waals surface area contributed by atoms with E-state index >= 15 is 0 Å². The first-order chi connectivity index (χ1) is 9.68. The molecule has 3 rings (SSSR count). The molecule has 0 amide bonds. The first-order valence-corrected chi connectivity index (χ1v) is 9.35. The third kappa shape index (κ3) is 2.92. The molecule has 5 nitrogen and oxygen atoms in total. The maximum atomic E-state index is 12.5. The first kappa shape index (κ1) is 14.5. The van der Waals surface area contributed by atoms with Crippen LogP contribution in [0.15, 0.2) is 21.7 Å². The zero-order chi connectivity index (χ0) is 14.0. The molecule has 0 radical (unpaired) electrons. The molecule has 0 bridgehead atoms. The van der Waals surface area contributed by atoms with Crippen LogP contribution in [0.3, 0.4) is 0 Å². The van der Waals surface area contributed by atoms with Crippen LogP contribution < -0.4 is 0 Å². The van der Waals surface area contributed by atoms with Crippen LogP contribution in [-0.4, -0.2) is 63.1 Å². The Morgan fingerprint density at radius 3 is 2.85 bits per heavy atom. The van der Waals surface area contributed by atoms with Gasteiger partial charge in [-0.1, -0.05) is 6.07 Å². The van der Waals surface area contributed by atoms with E-state index in [0.717, 1.165) is 39.1 Å². The summed E-state index contributed by atoms with van der Waals surface area (Å²) in [5.41, 5.74) is 0. The summed E-state index contributed by atoms with van der Waals surface area (Å²) in [6.45, 7) is 4.58. The highest BCUT2D eigenvalue weighted by atomic mass is 32.2. The number of ether oxygens (including phenoxy) is 1. The van der Waals surface area contributed by atoms with E-state index < -0.39 is 10.0 Å². The molecule has 0 aliphatic carbocycles. The Kier molecular flexibility index (Phi) is 4.42. The second kappa shape index (κ2) is 6.11. The Hall–Kier alpha value is -0.470. The van der Waals surface area contributed by atoms with Crippen molar-refractivity contribution in [1.82, 2.24) is 9.21 Å². The van der Waals surface area contributed by atoms with Crippen molar-refractivity contribution in [3.8, 4) is 0 Å². The molecule has 20 heavy (non-hydrogen) atoms. The van der Waals surface area contributed by atoms with Crippen LogP contribution in [0.1, 0.15) is 12.8 Å². The quantitative estimate of drug-likeness (QED) is 0.842. The smallest absolute Gasteiger partial charge is 0.252 e. The van der Waals surface area contributed by atoms with Gasteiger partial charge in [-0.3, -0.25) is 4.90 Å². The number of hydrogen-bond donors (Lipinski definition) is 0. The van der Waals surface area contributed by atoms with Crippen molar-refractivity contribution in [2.75, 3.05) is 39.4 Å². The van der Waals surface area contributed by atoms with Crippen LogP contribution in [-0.2, 0) is 14.8 Å². The van der Waals surface area contributed by atoms with Gasteiger partial charge in [0.1, 0.15) is 4.21 Å². The summed E-state index contributed by atoms with van der Waals surface area (Å²) in [5, 5.41) is 1.81. The minimum Gasteiger partial charge on any atom is -0.380 e. The fourth-order valence-corrected chi connectivity index (χ4v) is 5.48. The van der Waals surface area contributed by atoms with Gasteiger partial charge in [-0.15, -0.1) is 11.3 Å². The molecule has 0 spiro atoms. The molecule has 0 aromatic carbocycles. The lowest BCUT2D eigenvalue weighted by molar-refractivity contribution is 0.147. The van der Waals surface area contributed by atoms with E-state index in [2.05, 4.69) is 4.90 Å². The monoisotopic (exact) mass is 316 g/mol. The molecule has 7 heteroatoms. The second-order valence-electron chi connectivity index (χ2n) is 5.24. The first-order valence-electron chi connectivity index (χ1n) is 7.03. The third-order valence-corrected chi connectivity index (χ3v) is 7.27. The average molecular weight is 316 g/mol. The highest BCUT2D eigenvalue weighted by Crippen LogP contribution is 2.23. The largest absolute Gasteiger partial charge is 0.380 e. The van der Waals surface area contributed by atoms with Gasteiger partial charge in [0.25, 0.3) is 10.0 Å². The van der Waals surface area contributed by atoms with E-state index in [9.17, 15) is 8.42 Å². The minimum atomic E-state index is -3.30. The predicted molar refractivity (Wildman–Crippen MR) is 78.5 cm³/mol. The second-order valence-corrected chi connectivity index (χ2v) is 8.36. The molecule has 0 saturated carbocycles. The molecule has 112 valence electrons. The molecule has 2 saturated heterocycles. The molecular weight excluding hydrogens is 296 g/mol. The van der Waals surface area contributed by atoms with Gasteiger partial charge in [0.2, 0.25) is 0 Å². The standard InChI is InChI=1S/C13H20N2O3S2/c16-20(17,13-3-1-10-19-13)15-6-2-5-14(7-8-15)12-4-9-18-11-12/h1,3,10,12H,2,4-9,11H2. The molecule has 0 N–H and O–H groups in total. The van der Waals surface area contributed by atoms with Crippen molar-refractivity contribution < 1.29 is 13.2 Å². The van der Waals surface area contributed by atoms with E-state index in [0.29, 0.717) is 23.3 Å². The third-order valence-electron chi connectivity index (χ3n) is 4.00. The van der Waals surface area contributed by atoms with Crippen LogP contribution in [0.2, 0.25) is 0 Å². The lowest BCUT2D eigenvalue weighted by Gasteiger charge is -2.26. The van der Waals surface area contributed by atoms with Crippen molar-refractivity contribution >= 4 is 21.4 Å². The Labute approximate surface area is 124 Å². The average Bonchev–Trinajstić information content (AvgIpc) is 3.08. The maximum Gasteiger partial charge on any atom is 0.252 e. The summed E-state index contributed by atoms with van der Waals surface area (Å²) in [7, 11) is -3.30. The molecule has 1 aromatic heterocycles. The van der Waals surface area contributed by atoms with Gasteiger partial charge >= 0.3 is 0 Å². The van der Waals surface area contributed by atoms with Crippen LogP contribution in [0.4, 0.5) is 0 Å². The van der Waals surface area contributed by atoms with E-state index in [1.807, 2.05) is 5.38 Å². The molecule has 1 unspecified atom stereocenters. The fourth-order valence-electron chi connectivity index (χ4n) is 2.87. The number of nitrogens with zero attached hydrogens (tertiary/aromatic N) is 2. The van der Waals surface area contributed by atoms with Crippen molar-refractivity contribution in [2.45, 2.75) is 23.1 Å². The lowest BCUT2D eigenvalue weighted by Crippen LogP contribution is -2.39. The summed E-state index contributed by atoms with van der Waals surface area (Å²) < 4.78 is 32.6. The zero-order valence-corrected chi connectivity index (χ0v) is 13.0. The van der Waals surface area contributed by atoms with E-state index in [4.69, 9.17) is 4.74 Å². The maximum absolute atomic E-state index is 12.5. The summed E-state index contributed by atoms with van der Waals surface area (Å²) in [4.78, 5) is 2.39. The Bertz CT molecular complexity index is 524. The minimum absolute atomic E-state index is 0.454. The van der Waals surface area contributed by atoms with E-state index in [1.54, 1.807) is 16.4 Å². The molecular formula is C13H20N2O3S2. The van der Waals surface area contributed by atoms with Crippen molar-refractivity contribution in [2.24, 2.45) is 0 Å². The van der Waals surface area contributed by atoms with E-state index in [1.165, 1.54) is 11.3 Å². The number of rotatable bonds is 3. The highest BCUT2D eigenvalue weighted by molar-refractivity contribution is 7.91. The topological polar surface area (TPSA) is 49.9 Å². The summed E-state index contributed by atoms with van der Waals surface area (Å²) >= 11 is 1.29. The van der Waals surface area contributed by atoms with Gasteiger partial charge in [0.15, 0.2) is 0 Å². The van der Waals surface area contributed by atoms with Gasteiger partial charge in [-0.2, -0.15) is 4.31 Å². The number of sulfonamides is 1. The molecule has 2 aliphatic heterocycles. The van der Waals surface area contributed by atoms with Crippen LogP contribution >= 0.6 is 11.3 Å². The van der Waals surface area contributed by atoms with E-state index in [-0.39, 0.29) is 0 Å². The summed E-state index contributed by atoms with van der Waals surface area (Å²) in [6.07, 6.45) is 1.96. The van der Waals surface area contributed by atoms with Crippen molar-refractivity contribution in [1.29, 1.82) is 0 Å². The van der Waals surface area contributed by atoms with Crippen molar-refractivity contribution in [3.63, 3.8) is 0 Å². The Morgan fingerprint density at radius 2 is 2.15 bits per heavy atom. The summed E-state index contributed by atoms with van der Waals surface area (Å²) in [5.74, 6) is 0. The zero-order valence-electron chi connectivity index (χ0n) is 11.4. The summed E-state index contributed by atoms with van der Waals surface area (Å²) in [6, 6.07) is 3.95. The van der Waals surface area contributed by atoms with Gasteiger partial charge < -0.3 is 4.74 Å². The normalized spacial score (nSPS) is 26.7. The molecule has 3 heterocycles. The number of thiophene rings is 1. The Morgan fingerprint density at radius 1 is 1.25 bits per heavy atom. The van der Waals surface area contributed by atoms with Crippen LogP contribution in [0.5, 0.6) is 0 Å².